The molecule has 2 amide bonds. The van der Waals surface area contributed by atoms with Crippen molar-refractivity contribution < 1.29 is 24.5 Å². The molecule has 5 rings (SSSR count). The van der Waals surface area contributed by atoms with Crippen LogP contribution in [0.5, 0.6) is 0 Å². The lowest BCUT2D eigenvalue weighted by Crippen LogP contribution is -2.57. The third-order valence-electron chi connectivity index (χ3n) is 10.3. The Bertz CT molecular complexity index is 1020. The van der Waals surface area contributed by atoms with Crippen LogP contribution in [0.25, 0.3) is 0 Å². The highest BCUT2D eigenvalue weighted by Gasteiger charge is 2.59. The second-order valence-electron chi connectivity index (χ2n) is 12.7. The minimum Gasteiger partial charge on any atom is -0.396 e. The third kappa shape index (κ3) is 5.91. The van der Waals surface area contributed by atoms with Gasteiger partial charge in [-0.1, -0.05) is 33.1 Å². The van der Waals surface area contributed by atoms with Crippen LogP contribution in [-0.2, 0) is 20.7 Å². The molecule has 4 aliphatic rings. The van der Waals surface area contributed by atoms with E-state index in [0.29, 0.717) is 30.9 Å². The minimum atomic E-state index is -0.661. The first-order valence-corrected chi connectivity index (χ1v) is 15.7. The van der Waals surface area contributed by atoms with E-state index in [1.165, 1.54) is 17.8 Å². The van der Waals surface area contributed by atoms with Crippen molar-refractivity contribution in [3.8, 4) is 0 Å². The van der Waals surface area contributed by atoms with Crippen molar-refractivity contribution in [1.29, 1.82) is 0 Å². The third-order valence-corrected chi connectivity index (χ3v) is 11.4. The molecular weight excluding hydrogens is 516 g/mol. The zero-order valence-electron chi connectivity index (χ0n) is 23.5. The number of aromatic nitrogens is 1. The Hall–Kier alpha value is -1.59. The first-order valence-electron chi connectivity index (χ1n) is 14.9. The fourth-order valence-electron chi connectivity index (χ4n) is 7.71. The number of nitrogens with zero attached hydrogens (tertiary/aromatic N) is 2. The molecule has 4 N–H and O–H groups in total. The molecule has 1 saturated heterocycles. The number of carbonyl (C=O) groups is 2. The Morgan fingerprint density at radius 3 is 2.62 bits per heavy atom. The average Bonchev–Trinajstić information content (AvgIpc) is 3.35. The van der Waals surface area contributed by atoms with E-state index in [1.807, 2.05) is 6.92 Å². The number of hydrogen-bond acceptors (Lipinski definition) is 8. The molecule has 5 atom stereocenters. The molecule has 0 unspecified atom stereocenters. The van der Waals surface area contributed by atoms with E-state index >= 15 is 0 Å². The van der Waals surface area contributed by atoms with Crippen molar-refractivity contribution in [2.45, 2.75) is 83.7 Å². The van der Waals surface area contributed by atoms with E-state index < -0.39 is 11.5 Å². The summed E-state index contributed by atoms with van der Waals surface area (Å²) in [6, 6.07) is 0. The van der Waals surface area contributed by atoms with E-state index in [-0.39, 0.29) is 41.6 Å². The fourth-order valence-corrected chi connectivity index (χ4v) is 8.78. The summed E-state index contributed by atoms with van der Waals surface area (Å²) in [7, 11) is 0. The first kappa shape index (κ1) is 28.9. The van der Waals surface area contributed by atoms with Gasteiger partial charge in [-0.15, -0.1) is 11.3 Å². The van der Waals surface area contributed by atoms with Gasteiger partial charge in [-0.05, 0) is 43.4 Å². The van der Waals surface area contributed by atoms with E-state index in [1.54, 1.807) is 0 Å². The normalized spacial score (nSPS) is 33.7. The molecule has 218 valence electrons. The van der Waals surface area contributed by atoms with Gasteiger partial charge in [0.2, 0.25) is 11.8 Å². The molecule has 3 fully saturated rings. The minimum absolute atomic E-state index is 0.000235. The topological polar surface area (TPSA) is 124 Å². The summed E-state index contributed by atoms with van der Waals surface area (Å²) in [6.45, 7) is 8.72. The molecule has 0 spiro atoms. The monoisotopic (exact) mass is 562 g/mol. The lowest BCUT2D eigenvalue weighted by molar-refractivity contribution is -0.144. The number of thiazole rings is 1. The van der Waals surface area contributed by atoms with Gasteiger partial charge in [0.15, 0.2) is 5.13 Å². The largest absolute Gasteiger partial charge is 0.396 e. The molecule has 0 radical (unpaired) electrons. The summed E-state index contributed by atoms with van der Waals surface area (Å²) in [5.41, 5.74) is -0.0485. The highest BCUT2D eigenvalue weighted by Crippen LogP contribution is 2.62. The van der Waals surface area contributed by atoms with Gasteiger partial charge >= 0.3 is 0 Å². The summed E-state index contributed by atoms with van der Waals surface area (Å²) < 4.78 is 5.42. The van der Waals surface area contributed by atoms with E-state index in [0.717, 1.165) is 75.5 Å². The number of aliphatic hydroxyl groups excluding tert-OH is 2. The Balaban J connectivity index is 1.36. The number of anilines is 1. The van der Waals surface area contributed by atoms with E-state index in [4.69, 9.17) is 9.72 Å². The second-order valence-corrected chi connectivity index (χ2v) is 13.8. The molecule has 0 aromatic carbocycles. The number of aliphatic hydroxyl groups is 2. The number of carbonyl (C=O) groups excluding carboxylic acids is 2. The molecule has 2 heterocycles. The van der Waals surface area contributed by atoms with E-state index in [9.17, 15) is 19.8 Å². The Morgan fingerprint density at radius 1 is 1.15 bits per heavy atom. The van der Waals surface area contributed by atoms with Crippen LogP contribution in [0.4, 0.5) is 5.13 Å². The SMILES string of the molecule is C[C@]1(CO)[C@H]2Cc3sc(NC(=O)C4CCCCC4)nc3[C@@H](CC(=O)NCCN3CCOCC3)[C@]2(C)CC[C@H]1O. The van der Waals surface area contributed by atoms with Gasteiger partial charge in [0.05, 0.1) is 31.6 Å². The van der Waals surface area contributed by atoms with Crippen LogP contribution in [0, 0.1) is 22.7 Å². The van der Waals surface area contributed by atoms with Gasteiger partial charge in [0.25, 0.3) is 0 Å². The Morgan fingerprint density at radius 2 is 1.90 bits per heavy atom. The number of rotatable bonds is 8. The van der Waals surface area contributed by atoms with Gasteiger partial charge in [-0.25, -0.2) is 4.98 Å². The van der Waals surface area contributed by atoms with Crippen LogP contribution in [0.2, 0.25) is 0 Å². The maximum Gasteiger partial charge on any atom is 0.229 e. The highest BCUT2D eigenvalue weighted by molar-refractivity contribution is 7.15. The predicted octanol–water partition coefficient (Wildman–Crippen LogP) is 2.92. The van der Waals surface area contributed by atoms with Crippen LogP contribution >= 0.6 is 11.3 Å². The van der Waals surface area contributed by atoms with Crippen LogP contribution in [0.1, 0.15) is 81.7 Å². The van der Waals surface area contributed by atoms with E-state index in [2.05, 4.69) is 22.5 Å². The smallest absolute Gasteiger partial charge is 0.229 e. The number of fused-ring (bicyclic) bond motifs is 2. The lowest BCUT2D eigenvalue weighted by atomic mass is 9.47. The molecule has 1 aromatic rings. The maximum atomic E-state index is 13.3. The van der Waals surface area contributed by atoms with Gasteiger partial charge in [-0.3, -0.25) is 14.5 Å². The van der Waals surface area contributed by atoms with Crippen molar-refractivity contribution in [2.24, 2.45) is 22.7 Å². The molecule has 3 aliphatic carbocycles. The molecule has 10 heteroatoms. The van der Waals surface area contributed by atoms with Crippen molar-refractivity contribution in [1.82, 2.24) is 15.2 Å². The molecule has 1 aliphatic heterocycles. The maximum absolute atomic E-state index is 13.3. The number of hydrogen-bond donors (Lipinski definition) is 4. The van der Waals surface area contributed by atoms with Crippen molar-refractivity contribution in [3.05, 3.63) is 10.6 Å². The number of morpholine rings is 1. The summed E-state index contributed by atoms with van der Waals surface area (Å²) in [6.07, 6.45) is 6.99. The van der Waals surface area contributed by atoms with Crippen molar-refractivity contribution >= 4 is 28.3 Å². The average molecular weight is 563 g/mol. The second kappa shape index (κ2) is 12.1. The molecule has 9 nitrogen and oxygen atoms in total. The fraction of sp³-hybridized carbons (Fsp3) is 0.828. The van der Waals surface area contributed by atoms with Crippen molar-refractivity contribution in [2.75, 3.05) is 51.3 Å². The summed E-state index contributed by atoms with van der Waals surface area (Å²) >= 11 is 1.51. The summed E-state index contributed by atoms with van der Waals surface area (Å²) in [4.78, 5) is 34.7. The zero-order chi connectivity index (χ0) is 27.6. The van der Waals surface area contributed by atoms with Crippen LogP contribution in [0.3, 0.4) is 0 Å². The lowest BCUT2D eigenvalue weighted by Gasteiger charge is -2.58. The van der Waals surface area contributed by atoms with Gasteiger partial charge in [0, 0.05) is 54.7 Å². The Labute approximate surface area is 236 Å². The molecule has 0 bridgehead atoms. The highest BCUT2D eigenvalue weighted by atomic mass is 32.1. The number of amides is 2. The van der Waals surface area contributed by atoms with Gasteiger partial charge < -0.3 is 25.6 Å². The quantitative estimate of drug-likeness (QED) is 0.384. The molecular formula is C29H46N4O5S. The summed E-state index contributed by atoms with van der Waals surface area (Å²) in [5.74, 6) is -0.0545. The molecule has 39 heavy (non-hydrogen) atoms. The van der Waals surface area contributed by atoms with Gasteiger partial charge in [-0.2, -0.15) is 0 Å². The van der Waals surface area contributed by atoms with Crippen molar-refractivity contribution in [3.63, 3.8) is 0 Å². The van der Waals surface area contributed by atoms with Crippen LogP contribution < -0.4 is 10.6 Å². The predicted molar refractivity (Wildman–Crippen MR) is 151 cm³/mol. The van der Waals surface area contributed by atoms with Crippen LogP contribution in [-0.4, -0.2) is 84.0 Å². The van der Waals surface area contributed by atoms with Gasteiger partial charge in [0.1, 0.15) is 0 Å². The number of nitrogens with one attached hydrogen (secondary N) is 2. The number of ether oxygens (including phenoxy) is 1. The molecule has 1 aromatic heterocycles. The Kier molecular flexibility index (Phi) is 8.98. The standard InChI is InChI=1S/C29H46N4O5S/c1-28-9-8-23(35)29(2,18-34)22(28)17-21-25(31-27(39-21)32-26(37)19-6-4-3-5-7-19)20(28)16-24(36)30-10-11-33-12-14-38-15-13-33/h19-20,22-23,34-35H,3-18H2,1-2H3,(H,30,36)(H,31,32,37)/t20-,22+,23-,28+,29+/m1/s1. The van der Waals surface area contributed by atoms with Crippen LogP contribution in [0.15, 0.2) is 0 Å². The first-order chi connectivity index (χ1) is 18.7. The summed E-state index contributed by atoms with van der Waals surface area (Å²) in [5, 5.41) is 28.3. The zero-order valence-corrected chi connectivity index (χ0v) is 24.4. The molecule has 2 saturated carbocycles.